The molecule has 8 rings (SSSR count). The number of hydrogen-bond donors (Lipinski definition) is 3. The smallest absolute Gasteiger partial charge is 0.345 e. The van der Waals surface area contributed by atoms with Gasteiger partial charge >= 0.3 is 18.0 Å². The molecular formula is C38H48N10O9. The third-order valence-electron chi connectivity index (χ3n) is 10.1. The van der Waals surface area contributed by atoms with Crippen molar-refractivity contribution in [2.24, 2.45) is 20.0 Å². The summed E-state index contributed by atoms with van der Waals surface area (Å²) in [6.45, 7) is 2.17. The van der Waals surface area contributed by atoms with Crippen LogP contribution in [0.15, 0.2) is 85.7 Å². The molecule has 0 aliphatic carbocycles. The molecular weight excluding hydrogens is 740 g/mol. The number of hydrogen-bond acceptors (Lipinski definition) is 11. The molecule has 0 spiro atoms. The Labute approximate surface area is 329 Å². The molecule has 4 saturated heterocycles. The van der Waals surface area contributed by atoms with Crippen LogP contribution in [0.1, 0.15) is 48.2 Å². The zero-order valence-electron chi connectivity index (χ0n) is 31.8. The first-order valence-electron chi connectivity index (χ1n) is 18.5. The Balaban J connectivity index is 0.000000164. The molecule has 4 aliphatic rings. The Bertz CT molecular complexity index is 1940. The summed E-state index contributed by atoms with van der Waals surface area (Å²) in [7, 11) is 3.74. The quantitative estimate of drug-likeness (QED) is 0.167. The number of nitrogens with one attached hydrogen (secondary N) is 1. The average Bonchev–Trinajstić information content (AvgIpc) is 3.95. The van der Waals surface area contributed by atoms with Crippen LogP contribution in [0.4, 0.5) is 9.59 Å². The molecule has 19 heteroatoms. The minimum Gasteiger partial charge on any atom is -0.480 e. The second-order valence-corrected chi connectivity index (χ2v) is 13.9. The predicted octanol–water partition coefficient (Wildman–Crippen LogP) is 2.65. The van der Waals surface area contributed by atoms with E-state index < -0.39 is 18.1 Å². The van der Waals surface area contributed by atoms with E-state index in [9.17, 15) is 19.2 Å². The topological polar surface area (TPSA) is 212 Å². The van der Waals surface area contributed by atoms with Gasteiger partial charge in [0.25, 0.3) is 5.91 Å². The highest BCUT2D eigenvalue weighted by Gasteiger charge is 2.49. The van der Waals surface area contributed by atoms with Crippen molar-refractivity contribution in [3.63, 3.8) is 0 Å². The molecule has 2 aromatic heterocycles. The van der Waals surface area contributed by atoms with Crippen LogP contribution in [0.25, 0.3) is 0 Å². The van der Waals surface area contributed by atoms with E-state index in [-0.39, 0.29) is 36.7 Å². The van der Waals surface area contributed by atoms with Crippen molar-refractivity contribution in [3.8, 4) is 0 Å². The van der Waals surface area contributed by atoms with Gasteiger partial charge in [-0.05, 0) is 36.8 Å². The maximum Gasteiger partial charge on any atom is 0.345 e. The molecule has 304 valence electrons. The Hall–Kier alpha value is -5.86. The number of carbonyl (C=O) groups is 4. The molecule has 6 heterocycles. The number of aliphatic carboxylic acids is 1. The second-order valence-electron chi connectivity index (χ2n) is 13.9. The third kappa shape index (κ3) is 10.1. The number of carboxylic acid groups (broad SMARTS) is 1. The van der Waals surface area contributed by atoms with Crippen molar-refractivity contribution in [1.29, 1.82) is 0 Å². The van der Waals surface area contributed by atoms with Crippen LogP contribution in [0.2, 0.25) is 0 Å². The molecule has 4 bridgehead atoms. The SMILES string of the molecule is Cn1cncc1CON.Cn1cncc1CONC(=O)[C@@H]1CC[C@@H]2CN1C(=O)N2OCc1ccccc1.O=C(O)[C@@H]1CC[C@@H]2CN1C(=O)N2OCc1ccccc1. The van der Waals surface area contributed by atoms with Crippen LogP contribution < -0.4 is 11.4 Å². The number of piperidine rings is 2. The van der Waals surface area contributed by atoms with Crippen LogP contribution in [-0.2, 0) is 69.5 Å². The number of imidazole rings is 2. The highest BCUT2D eigenvalue weighted by Crippen LogP contribution is 2.32. The molecule has 5 amide bonds. The minimum atomic E-state index is -0.943. The Morgan fingerprint density at radius 2 is 1.19 bits per heavy atom. The van der Waals surface area contributed by atoms with Gasteiger partial charge in [0, 0.05) is 27.2 Å². The van der Waals surface area contributed by atoms with Crippen molar-refractivity contribution in [3.05, 3.63) is 108 Å². The van der Waals surface area contributed by atoms with Gasteiger partial charge in [-0.15, -0.1) is 0 Å². The zero-order chi connectivity index (χ0) is 40.3. The summed E-state index contributed by atoms with van der Waals surface area (Å²) >= 11 is 0. The van der Waals surface area contributed by atoms with Crippen molar-refractivity contribution < 1.29 is 43.6 Å². The number of hydroxylamine groups is 5. The number of nitrogens with two attached hydrogens (primary N) is 1. The Kier molecular flexibility index (Phi) is 13.8. The number of benzene rings is 2. The lowest BCUT2D eigenvalue weighted by Gasteiger charge is -2.28. The first-order chi connectivity index (χ1) is 27.6. The van der Waals surface area contributed by atoms with Gasteiger partial charge in [0.05, 0.1) is 48.5 Å². The van der Waals surface area contributed by atoms with Gasteiger partial charge in [0.15, 0.2) is 0 Å². The van der Waals surface area contributed by atoms with Gasteiger partial charge in [-0.3, -0.25) is 24.1 Å². The molecule has 2 aromatic carbocycles. The fraction of sp³-hybridized carbons (Fsp3) is 0.421. The molecule has 19 nitrogen and oxygen atoms in total. The number of fused-ring (bicyclic) bond motifs is 4. The largest absolute Gasteiger partial charge is 0.480 e. The molecule has 4 atom stereocenters. The van der Waals surface area contributed by atoms with E-state index in [1.165, 1.54) is 15.0 Å². The summed E-state index contributed by atoms with van der Waals surface area (Å²) in [5.74, 6) is 3.58. The van der Waals surface area contributed by atoms with Gasteiger partial charge in [-0.2, -0.15) is 10.1 Å². The normalized spacial score (nSPS) is 20.8. The highest BCUT2D eigenvalue weighted by molar-refractivity contribution is 5.88. The van der Waals surface area contributed by atoms with Gasteiger partial charge in [0.2, 0.25) is 0 Å². The van der Waals surface area contributed by atoms with Crippen LogP contribution in [0.3, 0.4) is 0 Å². The van der Waals surface area contributed by atoms with Crippen molar-refractivity contribution >= 4 is 23.9 Å². The number of aryl methyl sites for hydroxylation is 2. The lowest BCUT2D eigenvalue weighted by molar-refractivity contribution is -0.143. The summed E-state index contributed by atoms with van der Waals surface area (Å²) in [6.07, 6.45) is 9.17. The van der Waals surface area contributed by atoms with E-state index in [0.29, 0.717) is 58.6 Å². The molecule has 57 heavy (non-hydrogen) atoms. The van der Waals surface area contributed by atoms with Gasteiger partial charge < -0.3 is 24.0 Å². The van der Waals surface area contributed by atoms with Crippen LogP contribution in [0.5, 0.6) is 0 Å². The van der Waals surface area contributed by atoms with E-state index in [0.717, 1.165) is 22.5 Å². The molecule has 4 aromatic rings. The fourth-order valence-corrected chi connectivity index (χ4v) is 6.94. The molecule has 4 fully saturated rings. The second kappa shape index (κ2) is 19.3. The number of carboxylic acids is 1. The molecule has 4 N–H and O–H groups in total. The van der Waals surface area contributed by atoms with Crippen LogP contribution in [-0.4, -0.2) is 105 Å². The Morgan fingerprint density at radius 1 is 0.719 bits per heavy atom. The van der Waals surface area contributed by atoms with Gasteiger partial charge in [-0.1, -0.05) is 60.7 Å². The van der Waals surface area contributed by atoms with E-state index in [2.05, 4.69) is 20.3 Å². The number of rotatable bonds is 13. The van der Waals surface area contributed by atoms with Crippen molar-refractivity contribution in [2.75, 3.05) is 13.1 Å². The molecule has 0 radical (unpaired) electrons. The fourth-order valence-electron chi connectivity index (χ4n) is 6.94. The van der Waals surface area contributed by atoms with Gasteiger partial charge in [-0.25, -0.2) is 35.7 Å². The van der Waals surface area contributed by atoms with E-state index >= 15 is 0 Å². The maximum atomic E-state index is 12.7. The lowest BCUT2D eigenvalue weighted by atomic mass is 10.0. The maximum absolute atomic E-state index is 12.7. The zero-order valence-corrected chi connectivity index (χ0v) is 31.8. The van der Waals surface area contributed by atoms with E-state index in [1.807, 2.05) is 83.9 Å². The number of aromatic nitrogens is 4. The average molecular weight is 789 g/mol. The van der Waals surface area contributed by atoms with Gasteiger partial charge in [0.1, 0.15) is 38.5 Å². The minimum absolute atomic E-state index is 0.0318. The van der Waals surface area contributed by atoms with Crippen LogP contribution >= 0.6 is 0 Å². The monoisotopic (exact) mass is 788 g/mol. The summed E-state index contributed by atoms with van der Waals surface area (Å²) in [6, 6.07) is 17.3. The summed E-state index contributed by atoms with van der Waals surface area (Å²) < 4.78 is 3.66. The van der Waals surface area contributed by atoms with E-state index in [1.54, 1.807) is 29.9 Å². The summed E-state index contributed by atoms with van der Waals surface area (Å²) in [5, 5.41) is 11.9. The Morgan fingerprint density at radius 3 is 1.65 bits per heavy atom. The predicted molar refractivity (Wildman–Crippen MR) is 200 cm³/mol. The summed E-state index contributed by atoms with van der Waals surface area (Å²) in [4.78, 5) is 80.4. The third-order valence-corrected chi connectivity index (χ3v) is 10.1. The summed E-state index contributed by atoms with van der Waals surface area (Å²) in [5.41, 5.74) is 6.23. The van der Waals surface area contributed by atoms with Crippen molar-refractivity contribution in [2.45, 2.75) is 76.3 Å². The standard InChI is InChI=1S/C19H23N5O4.C14H16N2O4.C5H9N3O/c1-22-13-20-9-16(22)12-27-21-18(25)17-8-7-15-10-23(17)19(26)24(15)28-11-14-5-3-2-4-6-14;17-13(18)12-7-6-11-8-15(12)14(19)16(11)20-9-10-4-2-1-3-5-10;1-8-4-7-2-5(8)3-9-6/h2-6,9,13,15,17H,7-8,10-12H2,1H3,(H,21,25);1-5,11-12H,6-9H2,(H,17,18);2,4H,3,6H2,1H3/t15-,17+;11-,12+;/m11./s1. The van der Waals surface area contributed by atoms with E-state index in [4.69, 9.17) is 25.5 Å². The molecule has 4 aliphatic heterocycles. The first kappa shape index (κ1) is 40.8. The number of urea groups is 2. The first-order valence-corrected chi connectivity index (χ1v) is 18.5. The van der Waals surface area contributed by atoms with Crippen LogP contribution in [0, 0.1) is 0 Å². The lowest BCUT2D eigenvalue weighted by Crippen LogP contribution is -2.49. The number of amides is 5. The molecule has 0 unspecified atom stereocenters. The number of nitrogens with zero attached hydrogens (tertiary/aromatic N) is 8. The molecule has 0 saturated carbocycles. The van der Waals surface area contributed by atoms with Crippen molar-refractivity contribution in [1.82, 2.24) is 44.5 Å². The number of carbonyl (C=O) groups excluding carboxylic acids is 3. The highest BCUT2D eigenvalue weighted by atomic mass is 16.7.